The van der Waals surface area contributed by atoms with Gasteiger partial charge in [-0.2, -0.15) is 11.8 Å². The number of thioether (sulfide) groups is 1. The first-order valence-corrected chi connectivity index (χ1v) is 9.84. The summed E-state index contributed by atoms with van der Waals surface area (Å²) in [4.78, 5) is 18.0. The largest absolute Gasteiger partial charge is 0.469 e. The molecule has 0 aromatic rings. The number of methoxy groups -OCH3 is 1. The molecule has 1 saturated carbocycles. The van der Waals surface area contributed by atoms with E-state index in [9.17, 15) is 4.79 Å². The topological polar surface area (TPSA) is 53.9 Å². The third-order valence-corrected chi connectivity index (χ3v) is 6.38. The Morgan fingerprint density at radius 2 is 2.04 bits per heavy atom. The Morgan fingerprint density at radius 3 is 2.71 bits per heavy atom. The smallest absolute Gasteiger partial charge is 0.305 e. The van der Waals surface area contributed by atoms with Crippen molar-refractivity contribution in [2.24, 2.45) is 4.99 Å². The summed E-state index contributed by atoms with van der Waals surface area (Å²) < 4.78 is 5.12. The molecule has 2 rings (SSSR count). The van der Waals surface area contributed by atoms with Crippen LogP contribution in [0.3, 0.4) is 0 Å². The summed E-state index contributed by atoms with van der Waals surface area (Å²) >= 11 is 2.18. The van der Waals surface area contributed by atoms with Gasteiger partial charge < -0.3 is 15.0 Å². The highest BCUT2D eigenvalue weighted by Crippen LogP contribution is 2.42. The van der Waals surface area contributed by atoms with Crippen LogP contribution in [0, 0.1) is 0 Å². The Kier molecular flexibility index (Phi) is 10.4. The number of unbranched alkanes of at least 4 members (excludes halogenated alkanes) is 1. The minimum Gasteiger partial charge on any atom is -0.469 e. The standard InChI is InChI=1S/C17H31N3O2S.HI/c1-18-16(19-11-7-4-8-15(21)22-2)20-12-13-23-17(14-20)9-5-3-6-10-17;/h3-14H2,1-2H3,(H,18,19);1H. The second kappa shape index (κ2) is 11.4. The number of hydrogen-bond donors (Lipinski definition) is 1. The molecule has 1 aliphatic heterocycles. The molecule has 1 spiro atoms. The van der Waals surface area contributed by atoms with Crippen LogP contribution in [-0.4, -0.2) is 61.1 Å². The van der Waals surface area contributed by atoms with E-state index in [-0.39, 0.29) is 29.9 Å². The van der Waals surface area contributed by atoms with Crippen molar-refractivity contribution < 1.29 is 9.53 Å². The maximum Gasteiger partial charge on any atom is 0.305 e. The lowest BCUT2D eigenvalue weighted by molar-refractivity contribution is -0.140. The van der Waals surface area contributed by atoms with Crippen molar-refractivity contribution in [1.29, 1.82) is 0 Å². The molecule has 0 aromatic heterocycles. The predicted octanol–water partition coefficient (Wildman–Crippen LogP) is 3.27. The molecule has 1 saturated heterocycles. The van der Waals surface area contributed by atoms with E-state index >= 15 is 0 Å². The van der Waals surface area contributed by atoms with E-state index in [0.29, 0.717) is 11.2 Å². The lowest BCUT2D eigenvalue weighted by atomic mass is 9.87. The van der Waals surface area contributed by atoms with Crippen LogP contribution >= 0.6 is 35.7 Å². The van der Waals surface area contributed by atoms with Gasteiger partial charge in [0.2, 0.25) is 0 Å². The second-order valence-electron chi connectivity index (χ2n) is 6.52. The number of nitrogens with one attached hydrogen (secondary N) is 1. The van der Waals surface area contributed by atoms with Gasteiger partial charge in [-0.3, -0.25) is 9.79 Å². The average Bonchev–Trinajstić information content (AvgIpc) is 2.58. The molecule has 5 nitrogen and oxygen atoms in total. The van der Waals surface area contributed by atoms with Gasteiger partial charge in [-0.1, -0.05) is 19.3 Å². The Hall–Kier alpha value is -0.180. The third-order valence-electron chi connectivity index (χ3n) is 4.84. The van der Waals surface area contributed by atoms with E-state index in [1.54, 1.807) is 0 Å². The van der Waals surface area contributed by atoms with Gasteiger partial charge in [-0.05, 0) is 25.7 Å². The number of halogens is 1. The number of ether oxygens (including phenoxy) is 1. The summed E-state index contributed by atoms with van der Waals surface area (Å²) in [7, 11) is 3.31. The fourth-order valence-corrected chi connectivity index (χ4v) is 5.12. The van der Waals surface area contributed by atoms with Crippen molar-refractivity contribution in [2.45, 2.75) is 56.1 Å². The normalized spacial score (nSPS) is 20.4. The average molecular weight is 469 g/mol. The molecule has 2 fully saturated rings. The minimum absolute atomic E-state index is 0. The van der Waals surface area contributed by atoms with Crippen molar-refractivity contribution in [1.82, 2.24) is 10.2 Å². The van der Waals surface area contributed by atoms with Crippen molar-refractivity contribution in [3.05, 3.63) is 0 Å². The highest BCUT2D eigenvalue weighted by molar-refractivity contribution is 14.0. The van der Waals surface area contributed by atoms with Crippen molar-refractivity contribution in [3.8, 4) is 0 Å². The first-order chi connectivity index (χ1) is 11.2. The zero-order valence-corrected chi connectivity index (χ0v) is 18.2. The molecule has 2 aliphatic rings. The molecule has 0 aromatic carbocycles. The number of rotatable bonds is 5. The zero-order chi connectivity index (χ0) is 16.5. The SMILES string of the molecule is CN=C(NCCCCC(=O)OC)N1CCSC2(CCCCC2)C1.I. The zero-order valence-electron chi connectivity index (χ0n) is 15.0. The van der Waals surface area contributed by atoms with Gasteiger partial charge in [0.15, 0.2) is 5.96 Å². The lowest BCUT2D eigenvalue weighted by Gasteiger charge is -2.45. The fourth-order valence-electron chi connectivity index (χ4n) is 3.55. The summed E-state index contributed by atoms with van der Waals surface area (Å²) in [5, 5.41) is 3.47. The van der Waals surface area contributed by atoms with Crippen molar-refractivity contribution >= 4 is 47.7 Å². The molecule has 1 heterocycles. The van der Waals surface area contributed by atoms with E-state index in [2.05, 4.69) is 31.7 Å². The summed E-state index contributed by atoms with van der Waals surface area (Å²) in [6.07, 6.45) is 9.17. The molecule has 24 heavy (non-hydrogen) atoms. The van der Waals surface area contributed by atoms with Crippen LogP contribution < -0.4 is 5.32 Å². The van der Waals surface area contributed by atoms with E-state index in [1.807, 2.05) is 7.05 Å². The molecule has 0 bridgehead atoms. The first-order valence-electron chi connectivity index (χ1n) is 8.85. The van der Waals surface area contributed by atoms with E-state index < -0.39 is 0 Å². The van der Waals surface area contributed by atoms with Crippen LogP contribution in [0.1, 0.15) is 51.4 Å². The monoisotopic (exact) mass is 469 g/mol. The van der Waals surface area contributed by atoms with Gasteiger partial charge >= 0.3 is 5.97 Å². The number of carbonyl (C=O) groups is 1. The molecule has 0 atom stereocenters. The molecule has 7 heteroatoms. The number of aliphatic imine (C=N–C) groups is 1. The fraction of sp³-hybridized carbons (Fsp3) is 0.882. The molecule has 0 amide bonds. The number of nitrogens with zero attached hydrogens (tertiary/aromatic N) is 2. The van der Waals surface area contributed by atoms with Crippen LogP contribution in [-0.2, 0) is 9.53 Å². The number of hydrogen-bond acceptors (Lipinski definition) is 4. The highest BCUT2D eigenvalue weighted by Gasteiger charge is 2.38. The summed E-state index contributed by atoms with van der Waals surface area (Å²) in [5.41, 5.74) is 0. The van der Waals surface area contributed by atoms with Gasteiger partial charge in [-0.25, -0.2) is 0 Å². The van der Waals surface area contributed by atoms with E-state index in [4.69, 9.17) is 0 Å². The Bertz CT molecular complexity index is 409. The van der Waals surface area contributed by atoms with Gasteiger partial charge in [0.05, 0.1) is 7.11 Å². The van der Waals surface area contributed by atoms with Gasteiger partial charge in [0.25, 0.3) is 0 Å². The van der Waals surface area contributed by atoms with Crippen molar-refractivity contribution in [3.63, 3.8) is 0 Å². The lowest BCUT2D eigenvalue weighted by Crippen LogP contribution is -2.53. The summed E-state index contributed by atoms with van der Waals surface area (Å²) in [6.45, 7) is 3.06. The third kappa shape index (κ3) is 6.61. The van der Waals surface area contributed by atoms with Gasteiger partial charge in [0.1, 0.15) is 0 Å². The molecule has 1 N–H and O–H groups in total. The van der Waals surface area contributed by atoms with Crippen LogP contribution in [0.2, 0.25) is 0 Å². The molecule has 1 aliphatic carbocycles. The molecular weight excluding hydrogens is 437 g/mol. The Labute approximate surface area is 167 Å². The summed E-state index contributed by atoms with van der Waals surface area (Å²) in [6, 6.07) is 0. The van der Waals surface area contributed by atoms with Crippen LogP contribution in [0.25, 0.3) is 0 Å². The summed E-state index contributed by atoms with van der Waals surface area (Å²) in [5.74, 6) is 2.10. The van der Waals surface area contributed by atoms with Crippen LogP contribution in [0.4, 0.5) is 0 Å². The first kappa shape index (κ1) is 21.9. The van der Waals surface area contributed by atoms with Crippen LogP contribution in [0.5, 0.6) is 0 Å². The van der Waals surface area contributed by atoms with Gasteiger partial charge in [0, 0.05) is 43.6 Å². The maximum atomic E-state index is 11.1. The van der Waals surface area contributed by atoms with Gasteiger partial charge in [-0.15, -0.1) is 24.0 Å². The molecule has 0 radical (unpaired) electrons. The Balaban J connectivity index is 0.00000288. The van der Waals surface area contributed by atoms with Crippen molar-refractivity contribution in [2.75, 3.05) is 39.5 Å². The Morgan fingerprint density at radius 1 is 1.29 bits per heavy atom. The number of esters is 1. The quantitative estimate of drug-likeness (QED) is 0.220. The minimum atomic E-state index is -0.123. The van der Waals surface area contributed by atoms with Crippen LogP contribution in [0.15, 0.2) is 4.99 Å². The highest BCUT2D eigenvalue weighted by atomic mass is 127. The number of guanidine groups is 1. The predicted molar refractivity (Wildman–Crippen MR) is 112 cm³/mol. The molecule has 140 valence electrons. The molecular formula is C17H32IN3O2S. The van der Waals surface area contributed by atoms with E-state index in [0.717, 1.165) is 38.4 Å². The second-order valence-corrected chi connectivity index (χ2v) is 8.08. The molecule has 0 unspecified atom stereocenters. The van der Waals surface area contributed by atoms with E-state index in [1.165, 1.54) is 45.0 Å². The maximum absolute atomic E-state index is 11.1. The number of carbonyl (C=O) groups excluding carboxylic acids is 1.